The van der Waals surface area contributed by atoms with Crippen LogP contribution in [0.15, 0.2) is 24.3 Å². The van der Waals surface area contributed by atoms with Gasteiger partial charge in [0.25, 0.3) is 0 Å². The maximum Gasteiger partial charge on any atom is 0.244 e. The van der Waals surface area contributed by atoms with Crippen LogP contribution in [0.2, 0.25) is 0 Å². The summed E-state index contributed by atoms with van der Waals surface area (Å²) in [7, 11) is 0. The molecule has 7 nitrogen and oxygen atoms in total. The Bertz CT molecular complexity index is 490. The van der Waals surface area contributed by atoms with Crippen molar-refractivity contribution < 1.29 is 19.8 Å². The average Bonchev–Trinajstić information content (AvgIpc) is 2.52. The summed E-state index contributed by atoms with van der Waals surface area (Å²) < 4.78 is 0. The van der Waals surface area contributed by atoms with E-state index in [4.69, 9.17) is 5.73 Å². The van der Waals surface area contributed by atoms with Gasteiger partial charge < -0.3 is 26.6 Å². The largest absolute Gasteiger partial charge is 0.508 e. The van der Waals surface area contributed by atoms with E-state index in [0.717, 1.165) is 12.8 Å². The topological polar surface area (TPSA) is 125 Å². The molecule has 122 valence electrons. The molecule has 0 spiro atoms. The van der Waals surface area contributed by atoms with E-state index in [1.165, 1.54) is 24.3 Å². The molecule has 2 amide bonds. The van der Waals surface area contributed by atoms with Crippen LogP contribution >= 0.6 is 0 Å². The third-order valence-corrected chi connectivity index (χ3v) is 3.18. The molecular weight excluding hydrogens is 286 g/mol. The Balaban J connectivity index is 2.60. The monoisotopic (exact) mass is 309 g/mol. The van der Waals surface area contributed by atoms with Crippen LogP contribution in [0.3, 0.4) is 0 Å². The van der Waals surface area contributed by atoms with E-state index < -0.39 is 30.5 Å². The molecule has 0 bridgehead atoms. The molecule has 0 unspecified atom stereocenters. The summed E-state index contributed by atoms with van der Waals surface area (Å²) in [5, 5.41) is 23.5. The first kappa shape index (κ1) is 17.9. The van der Waals surface area contributed by atoms with E-state index in [1.807, 2.05) is 6.92 Å². The molecule has 0 aliphatic carbocycles. The number of carbonyl (C=O) groups excluding carboxylic acids is 2. The third kappa shape index (κ3) is 5.34. The number of phenols is 1. The summed E-state index contributed by atoms with van der Waals surface area (Å²) in [4.78, 5) is 23.9. The number of amides is 2. The highest BCUT2D eigenvalue weighted by molar-refractivity contribution is 5.90. The lowest BCUT2D eigenvalue weighted by atomic mass is 10.1. The fraction of sp³-hybridized carbons (Fsp3) is 0.467. The second kappa shape index (κ2) is 9.01. The van der Waals surface area contributed by atoms with Crippen LogP contribution in [-0.2, 0) is 9.59 Å². The average molecular weight is 309 g/mol. The van der Waals surface area contributed by atoms with Gasteiger partial charge in [-0.3, -0.25) is 9.59 Å². The first-order valence-electron chi connectivity index (χ1n) is 7.23. The Morgan fingerprint density at radius 3 is 2.41 bits per heavy atom. The van der Waals surface area contributed by atoms with Gasteiger partial charge in [0.05, 0.1) is 6.61 Å². The lowest BCUT2D eigenvalue weighted by Crippen LogP contribution is -2.51. The van der Waals surface area contributed by atoms with Crippen LogP contribution in [0.25, 0.3) is 0 Å². The van der Waals surface area contributed by atoms with Gasteiger partial charge in [-0.2, -0.15) is 0 Å². The highest BCUT2D eigenvalue weighted by Crippen LogP contribution is 2.15. The molecular formula is C15H23N3O4. The quantitative estimate of drug-likeness (QED) is 0.425. The van der Waals surface area contributed by atoms with Crippen molar-refractivity contribution in [3.8, 4) is 5.75 Å². The van der Waals surface area contributed by atoms with Crippen molar-refractivity contribution in [2.75, 3.05) is 13.2 Å². The van der Waals surface area contributed by atoms with E-state index in [-0.39, 0.29) is 5.75 Å². The van der Waals surface area contributed by atoms with Crippen LogP contribution in [0.1, 0.15) is 31.4 Å². The zero-order chi connectivity index (χ0) is 16.5. The van der Waals surface area contributed by atoms with Gasteiger partial charge in [-0.05, 0) is 24.1 Å². The maximum atomic E-state index is 12.0. The number of unbranched alkanes of at least 4 members (excludes halogenated alkanes) is 1. The van der Waals surface area contributed by atoms with Crippen molar-refractivity contribution in [2.45, 2.75) is 31.8 Å². The second-order valence-electron chi connectivity index (χ2n) is 4.96. The molecule has 0 saturated heterocycles. The number of rotatable bonds is 8. The van der Waals surface area contributed by atoms with E-state index in [1.54, 1.807) is 0 Å². The Morgan fingerprint density at radius 2 is 1.86 bits per heavy atom. The fourth-order valence-electron chi connectivity index (χ4n) is 1.80. The second-order valence-corrected chi connectivity index (χ2v) is 4.96. The van der Waals surface area contributed by atoms with Gasteiger partial charge in [-0.1, -0.05) is 25.5 Å². The zero-order valence-electron chi connectivity index (χ0n) is 12.6. The SMILES string of the molecule is CCCCNC(=O)[C@H](CO)NC(=O)[C@H](N)c1ccc(O)cc1. The Morgan fingerprint density at radius 1 is 1.23 bits per heavy atom. The minimum Gasteiger partial charge on any atom is -0.508 e. The molecule has 2 atom stereocenters. The molecule has 6 N–H and O–H groups in total. The lowest BCUT2D eigenvalue weighted by molar-refractivity contribution is -0.130. The van der Waals surface area contributed by atoms with Crippen LogP contribution in [0.4, 0.5) is 0 Å². The number of phenolic OH excluding ortho intramolecular Hbond substituents is 1. The van der Waals surface area contributed by atoms with Gasteiger partial charge >= 0.3 is 0 Å². The van der Waals surface area contributed by atoms with E-state index in [2.05, 4.69) is 10.6 Å². The molecule has 22 heavy (non-hydrogen) atoms. The number of aliphatic hydroxyl groups excluding tert-OH is 1. The minimum atomic E-state index is -1.03. The number of hydrogen-bond acceptors (Lipinski definition) is 5. The third-order valence-electron chi connectivity index (χ3n) is 3.18. The lowest BCUT2D eigenvalue weighted by Gasteiger charge is -2.19. The highest BCUT2D eigenvalue weighted by Gasteiger charge is 2.23. The van der Waals surface area contributed by atoms with Crippen molar-refractivity contribution >= 4 is 11.8 Å². The van der Waals surface area contributed by atoms with Crippen molar-refractivity contribution in [1.29, 1.82) is 0 Å². The van der Waals surface area contributed by atoms with E-state index in [0.29, 0.717) is 12.1 Å². The van der Waals surface area contributed by atoms with Crippen molar-refractivity contribution in [3.63, 3.8) is 0 Å². The van der Waals surface area contributed by atoms with Gasteiger partial charge in [-0.15, -0.1) is 0 Å². The van der Waals surface area contributed by atoms with E-state index in [9.17, 15) is 19.8 Å². The minimum absolute atomic E-state index is 0.0693. The Kier molecular flexibility index (Phi) is 7.34. The molecule has 0 aliphatic heterocycles. The van der Waals surface area contributed by atoms with Crippen molar-refractivity contribution in [1.82, 2.24) is 10.6 Å². The number of benzene rings is 1. The predicted molar refractivity (Wildman–Crippen MR) is 82.0 cm³/mol. The van der Waals surface area contributed by atoms with Crippen LogP contribution in [0.5, 0.6) is 5.75 Å². The van der Waals surface area contributed by atoms with Crippen LogP contribution < -0.4 is 16.4 Å². The highest BCUT2D eigenvalue weighted by atomic mass is 16.3. The van der Waals surface area contributed by atoms with Gasteiger partial charge in [0.1, 0.15) is 17.8 Å². The summed E-state index contributed by atoms with van der Waals surface area (Å²) in [6.07, 6.45) is 1.76. The summed E-state index contributed by atoms with van der Waals surface area (Å²) in [6.45, 7) is 1.98. The summed E-state index contributed by atoms with van der Waals surface area (Å²) in [6, 6.07) is 3.86. The standard InChI is InChI=1S/C15H23N3O4/c1-2-3-8-17-14(21)12(9-19)18-15(22)13(16)10-4-6-11(20)7-5-10/h4-7,12-13,19-20H,2-3,8-9,16H2,1H3,(H,17,21)(H,18,22)/t12-,13+/m0/s1. The Labute approximate surface area is 129 Å². The Hall–Kier alpha value is -2.12. The van der Waals surface area contributed by atoms with Gasteiger partial charge in [0, 0.05) is 6.54 Å². The number of nitrogens with two attached hydrogens (primary N) is 1. The normalized spacial score (nSPS) is 13.2. The number of aromatic hydroxyl groups is 1. The predicted octanol–water partition coefficient (Wildman–Crippen LogP) is -0.215. The molecule has 0 saturated carbocycles. The smallest absolute Gasteiger partial charge is 0.244 e. The summed E-state index contributed by atoms with van der Waals surface area (Å²) in [5.41, 5.74) is 6.30. The number of hydrogen-bond donors (Lipinski definition) is 5. The molecule has 1 aromatic carbocycles. The van der Waals surface area contributed by atoms with Gasteiger partial charge in [0.2, 0.25) is 11.8 Å². The molecule has 1 aromatic rings. The van der Waals surface area contributed by atoms with Crippen molar-refractivity contribution in [3.05, 3.63) is 29.8 Å². The van der Waals surface area contributed by atoms with Crippen molar-refractivity contribution in [2.24, 2.45) is 5.73 Å². The first-order valence-corrected chi connectivity index (χ1v) is 7.23. The van der Waals surface area contributed by atoms with Crippen LogP contribution in [0, 0.1) is 0 Å². The molecule has 0 fully saturated rings. The molecule has 1 rings (SSSR count). The number of nitrogens with one attached hydrogen (secondary N) is 2. The van der Waals surface area contributed by atoms with Gasteiger partial charge in [-0.25, -0.2) is 0 Å². The zero-order valence-corrected chi connectivity index (χ0v) is 12.6. The molecule has 0 aliphatic rings. The molecule has 7 heteroatoms. The maximum absolute atomic E-state index is 12.0. The summed E-state index contributed by atoms with van der Waals surface area (Å²) in [5.74, 6) is -0.947. The number of aliphatic hydroxyl groups is 1. The van der Waals surface area contributed by atoms with Crippen LogP contribution in [-0.4, -0.2) is 41.2 Å². The first-order chi connectivity index (χ1) is 10.5. The summed E-state index contributed by atoms with van der Waals surface area (Å²) >= 11 is 0. The number of carbonyl (C=O) groups is 2. The fourth-order valence-corrected chi connectivity index (χ4v) is 1.80. The van der Waals surface area contributed by atoms with E-state index >= 15 is 0 Å². The van der Waals surface area contributed by atoms with Gasteiger partial charge in [0.15, 0.2) is 0 Å². The molecule has 0 aromatic heterocycles. The molecule has 0 radical (unpaired) electrons. The molecule has 0 heterocycles.